The van der Waals surface area contributed by atoms with Gasteiger partial charge in [0.25, 0.3) is 0 Å². The Balaban J connectivity index is 2.22. The van der Waals surface area contributed by atoms with E-state index in [1.807, 2.05) is 18.2 Å². The highest BCUT2D eigenvalue weighted by Crippen LogP contribution is 2.22. The number of benzene rings is 2. The molecule has 0 amide bonds. The Morgan fingerprint density at radius 1 is 0.765 bits per heavy atom. The molecule has 0 N–H and O–H groups in total. The fraction of sp³-hybridized carbons (Fsp3) is 0. The zero-order chi connectivity index (χ0) is 11.7. The molecule has 0 saturated carbocycles. The number of rotatable bonds is 1. The fourth-order valence-corrected chi connectivity index (χ4v) is 2.63. The maximum absolute atomic E-state index is 5.95. The van der Waals surface area contributed by atoms with Gasteiger partial charge >= 0.3 is 11.3 Å². The first-order valence-electron chi connectivity index (χ1n) is 5.72. The topological polar surface area (TPSA) is 11.3 Å². The van der Waals surface area contributed by atoms with E-state index < -0.39 is 0 Å². The van der Waals surface area contributed by atoms with Gasteiger partial charge in [-0.05, 0) is 18.2 Å². The smallest absolute Gasteiger partial charge is 0.207 e. The lowest BCUT2D eigenvalue weighted by Crippen LogP contribution is -2.05. The molecule has 2 heteroatoms. The predicted molar refractivity (Wildman–Crippen MR) is 75.6 cm³/mol. The molecule has 0 saturated heterocycles. The van der Waals surface area contributed by atoms with Crippen molar-refractivity contribution in [2.45, 2.75) is 0 Å². The third kappa shape index (κ3) is 1.87. The largest absolute Gasteiger partial charge is 0.360 e. The summed E-state index contributed by atoms with van der Waals surface area (Å²) in [6, 6.07) is 20.7. The quantitative estimate of drug-likeness (QED) is 0.467. The van der Waals surface area contributed by atoms with Gasteiger partial charge in [-0.15, -0.1) is 0 Å². The van der Waals surface area contributed by atoms with Crippen molar-refractivity contribution in [3.05, 3.63) is 60.7 Å². The van der Waals surface area contributed by atoms with Crippen molar-refractivity contribution >= 4 is 26.4 Å². The first-order chi connectivity index (χ1) is 8.34. The molecule has 0 spiro atoms. The zero-order valence-corrected chi connectivity index (χ0v) is 11.7. The Bertz CT molecular complexity index is 676. The molecule has 0 atom stereocenters. The van der Waals surface area contributed by atoms with Crippen LogP contribution < -0.4 is 5.19 Å². The van der Waals surface area contributed by atoms with Gasteiger partial charge in [0.1, 0.15) is 0 Å². The van der Waals surface area contributed by atoms with Gasteiger partial charge in [0.15, 0.2) is 0 Å². The minimum Gasteiger partial charge on any atom is -0.207 e. The summed E-state index contributed by atoms with van der Waals surface area (Å²) in [7, 11) is 1.03. The van der Waals surface area contributed by atoms with E-state index in [-0.39, 0.29) is 0 Å². The molecule has 0 aliphatic heterocycles. The van der Waals surface area contributed by atoms with Crippen LogP contribution in [0.15, 0.2) is 65.1 Å². The van der Waals surface area contributed by atoms with Crippen molar-refractivity contribution in [2.75, 3.05) is 0 Å². The van der Waals surface area contributed by atoms with E-state index in [0.29, 0.717) is 0 Å². The molecule has 3 rings (SSSR count). The van der Waals surface area contributed by atoms with Crippen molar-refractivity contribution in [3.8, 4) is 11.3 Å². The number of fused-ring (bicyclic) bond motifs is 1. The van der Waals surface area contributed by atoms with E-state index >= 15 is 0 Å². The van der Waals surface area contributed by atoms with Gasteiger partial charge in [-0.2, -0.15) is 0 Å². The van der Waals surface area contributed by atoms with Crippen molar-refractivity contribution in [2.24, 2.45) is 0 Å². The summed E-state index contributed by atoms with van der Waals surface area (Å²) in [5.74, 6) is 0.953. The van der Waals surface area contributed by atoms with E-state index in [0.717, 1.165) is 27.0 Å². The minimum absolute atomic E-state index is 0.940. The van der Waals surface area contributed by atoms with Crippen LogP contribution in [0.3, 0.4) is 0 Å². The summed E-state index contributed by atoms with van der Waals surface area (Å²) in [6.07, 6.45) is 0. The molecule has 1 heterocycles. The van der Waals surface area contributed by atoms with Gasteiger partial charge in [0.2, 0.25) is 0 Å². The summed E-state index contributed by atoms with van der Waals surface area (Å²) in [6.45, 7) is 0. The van der Waals surface area contributed by atoms with Gasteiger partial charge in [-0.1, -0.05) is 35.5 Å². The van der Waals surface area contributed by atoms with Crippen molar-refractivity contribution < 1.29 is 4.42 Å². The van der Waals surface area contributed by atoms with Crippen molar-refractivity contribution in [1.82, 2.24) is 0 Å². The molecule has 17 heavy (non-hydrogen) atoms. The Hall–Kier alpha value is -1.93. The van der Waals surface area contributed by atoms with Gasteiger partial charge in [0, 0.05) is 22.4 Å². The molecule has 0 aliphatic rings. The number of para-hydroxylation sites is 1. The maximum atomic E-state index is 5.95. The SMILES string of the molecule is [SiH3]c1ccccc1-c1ccc2ccccc2[o+]1. The Morgan fingerprint density at radius 2 is 1.53 bits per heavy atom. The average molecular weight is 237 g/mol. The third-order valence-electron chi connectivity index (χ3n) is 2.96. The zero-order valence-electron chi connectivity index (χ0n) is 9.68. The molecule has 0 fully saturated rings. The molecular formula is C15H13OSi+. The third-order valence-corrected chi connectivity index (χ3v) is 3.84. The second-order valence-corrected chi connectivity index (χ2v) is 5.23. The highest BCUT2D eigenvalue weighted by molar-refractivity contribution is 6.35. The molecule has 3 aromatic rings. The van der Waals surface area contributed by atoms with Gasteiger partial charge in [-0.25, -0.2) is 4.42 Å². The second-order valence-electron chi connectivity index (χ2n) is 4.15. The van der Waals surface area contributed by atoms with E-state index in [4.69, 9.17) is 4.42 Å². The molecule has 1 nitrogen and oxygen atoms in total. The first kappa shape index (κ1) is 10.2. The van der Waals surface area contributed by atoms with E-state index in [2.05, 4.69) is 42.5 Å². The average Bonchev–Trinajstić information content (AvgIpc) is 2.39. The van der Waals surface area contributed by atoms with Crippen LogP contribution in [-0.4, -0.2) is 10.2 Å². The van der Waals surface area contributed by atoms with Crippen LogP contribution in [0.2, 0.25) is 0 Å². The number of hydrogen-bond acceptors (Lipinski definition) is 0. The van der Waals surface area contributed by atoms with Gasteiger partial charge in [0.05, 0.1) is 10.9 Å². The Kier molecular flexibility index (Phi) is 2.50. The molecule has 0 bridgehead atoms. The summed E-state index contributed by atoms with van der Waals surface area (Å²) >= 11 is 0. The van der Waals surface area contributed by atoms with E-state index in [9.17, 15) is 0 Å². The van der Waals surface area contributed by atoms with Crippen LogP contribution in [0.5, 0.6) is 0 Å². The minimum atomic E-state index is 0.940. The Labute approximate surface area is 103 Å². The van der Waals surface area contributed by atoms with Gasteiger partial charge < -0.3 is 0 Å². The van der Waals surface area contributed by atoms with Crippen LogP contribution in [0.25, 0.3) is 22.3 Å². The summed E-state index contributed by atoms with van der Waals surface area (Å²) in [5, 5.41) is 2.51. The lowest BCUT2D eigenvalue weighted by atomic mass is 10.1. The standard InChI is InChI=1S/C15H13OSi/c17-15-8-4-2-6-12(15)14-10-9-11-5-1-3-7-13(11)16-14/h1-10H,17H3/q+1. The van der Waals surface area contributed by atoms with Crippen LogP contribution in [0.1, 0.15) is 0 Å². The van der Waals surface area contributed by atoms with Crippen LogP contribution in [0, 0.1) is 0 Å². The predicted octanol–water partition coefficient (Wildman–Crippen LogP) is 2.37. The molecule has 1 aromatic heterocycles. The molecular weight excluding hydrogens is 224 g/mol. The molecule has 82 valence electrons. The lowest BCUT2D eigenvalue weighted by molar-refractivity contribution is 0.620. The normalized spacial score (nSPS) is 10.8. The van der Waals surface area contributed by atoms with Crippen LogP contribution >= 0.6 is 0 Å². The van der Waals surface area contributed by atoms with E-state index in [1.165, 1.54) is 10.8 Å². The molecule has 0 unspecified atom stereocenters. The van der Waals surface area contributed by atoms with Crippen molar-refractivity contribution in [3.63, 3.8) is 0 Å². The molecule has 0 radical (unpaired) electrons. The summed E-state index contributed by atoms with van der Waals surface area (Å²) in [5.41, 5.74) is 2.15. The van der Waals surface area contributed by atoms with Gasteiger partial charge in [-0.3, -0.25) is 0 Å². The monoisotopic (exact) mass is 237 g/mol. The second kappa shape index (κ2) is 4.15. The maximum Gasteiger partial charge on any atom is 0.360 e. The molecule has 0 aliphatic carbocycles. The fourth-order valence-electron chi connectivity index (χ4n) is 2.02. The number of hydrogen-bond donors (Lipinski definition) is 0. The summed E-state index contributed by atoms with van der Waals surface area (Å²) in [4.78, 5) is 0. The highest BCUT2D eigenvalue weighted by atomic mass is 28.1. The van der Waals surface area contributed by atoms with Crippen molar-refractivity contribution in [1.29, 1.82) is 0 Å². The van der Waals surface area contributed by atoms with E-state index in [1.54, 1.807) is 0 Å². The summed E-state index contributed by atoms with van der Waals surface area (Å²) < 4.78 is 5.95. The molecule has 2 aromatic carbocycles. The lowest BCUT2D eigenvalue weighted by Gasteiger charge is -1.97. The van der Waals surface area contributed by atoms with Crippen LogP contribution in [-0.2, 0) is 0 Å². The van der Waals surface area contributed by atoms with Crippen LogP contribution in [0.4, 0.5) is 0 Å². The first-order valence-corrected chi connectivity index (χ1v) is 6.72. The highest BCUT2D eigenvalue weighted by Gasteiger charge is 2.15. The Morgan fingerprint density at radius 3 is 2.41 bits per heavy atom.